The van der Waals surface area contributed by atoms with Gasteiger partial charge in [0.2, 0.25) is 0 Å². The van der Waals surface area contributed by atoms with E-state index in [-0.39, 0.29) is 16.9 Å². The summed E-state index contributed by atoms with van der Waals surface area (Å²) in [5.74, 6) is 0.289. The van der Waals surface area contributed by atoms with Crippen LogP contribution in [-0.2, 0) is 17.8 Å². The molecule has 0 unspecified atom stereocenters. The smallest absolute Gasteiger partial charge is 0.255 e. The summed E-state index contributed by atoms with van der Waals surface area (Å²) >= 11 is 5.82. The van der Waals surface area contributed by atoms with Crippen molar-refractivity contribution in [2.75, 3.05) is 0 Å². The van der Waals surface area contributed by atoms with E-state index in [2.05, 4.69) is 27.7 Å². The minimum atomic E-state index is -0.0176. The normalized spacial score (nSPS) is 11.8. The molecule has 1 heterocycles. The number of rotatable bonds is 5. The van der Waals surface area contributed by atoms with E-state index < -0.39 is 0 Å². The van der Waals surface area contributed by atoms with Crippen molar-refractivity contribution in [2.24, 2.45) is 0 Å². The molecule has 0 aliphatic heterocycles. The molecule has 0 amide bonds. The van der Waals surface area contributed by atoms with E-state index in [1.807, 2.05) is 16.7 Å². The molecule has 0 aromatic carbocycles. The minimum absolute atomic E-state index is 0.0176. The minimum Gasteiger partial charge on any atom is -0.312 e. The monoisotopic (exact) mass is 269 g/mol. The van der Waals surface area contributed by atoms with Crippen LogP contribution in [0.5, 0.6) is 0 Å². The molecule has 0 saturated carbocycles. The number of unbranched alkanes of at least 4 members (excludes halogenated alkanes) is 2. The summed E-state index contributed by atoms with van der Waals surface area (Å²) in [6.45, 7) is 9.38. The van der Waals surface area contributed by atoms with Crippen molar-refractivity contribution in [2.45, 2.75) is 64.8 Å². The van der Waals surface area contributed by atoms with Gasteiger partial charge in [0.15, 0.2) is 0 Å². The van der Waals surface area contributed by atoms with E-state index in [1.54, 1.807) is 0 Å². The van der Waals surface area contributed by atoms with Gasteiger partial charge in [-0.05, 0) is 12.5 Å². The first-order chi connectivity index (χ1) is 8.41. The second kappa shape index (κ2) is 6.42. The maximum Gasteiger partial charge on any atom is 0.255 e. The van der Waals surface area contributed by atoms with Crippen LogP contribution in [0.3, 0.4) is 0 Å². The molecule has 1 aromatic heterocycles. The predicted molar refractivity (Wildman–Crippen MR) is 78.5 cm³/mol. The van der Waals surface area contributed by atoms with Crippen LogP contribution in [0.15, 0.2) is 16.9 Å². The molecule has 18 heavy (non-hydrogen) atoms. The second-order valence-corrected chi connectivity index (χ2v) is 6.06. The Hall–Kier alpha value is -0.760. The van der Waals surface area contributed by atoms with Crippen molar-refractivity contribution in [3.05, 3.63) is 33.7 Å². The summed E-state index contributed by atoms with van der Waals surface area (Å²) in [7, 11) is 0. The predicted octanol–water partition coefficient (Wildman–Crippen LogP) is 4.07. The van der Waals surface area contributed by atoms with E-state index in [0.29, 0.717) is 5.56 Å². The van der Waals surface area contributed by atoms with Crippen molar-refractivity contribution < 1.29 is 0 Å². The van der Waals surface area contributed by atoms with Crippen LogP contribution < -0.4 is 5.56 Å². The first-order valence-electron chi connectivity index (χ1n) is 6.71. The van der Waals surface area contributed by atoms with Crippen molar-refractivity contribution in [3.63, 3.8) is 0 Å². The van der Waals surface area contributed by atoms with Crippen molar-refractivity contribution in [1.82, 2.24) is 4.57 Å². The number of aromatic nitrogens is 1. The van der Waals surface area contributed by atoms with Gasteiger partial charge in [-0.25, -0.2) is 0 Å². The van der Waals surface area contributed by atoms with E-state index in [4.69, 9.17) is 11.6 Å². The first kappa shape index (κ1) is 15.3. The van der Waals surface area contributed by atoms with Gasteiger partial charge in [-0.1, -0.05) is 46.6 Å². The van der Waals surface area contributed by atoms with Crippen LogP contribution in [0.4, 0.5) is 0 Å². The van der Waals surface area contributed by atoms with Gasteiger partial charge in [-0.3, -0.25) is 4.79 Å². The zero-order valence-corrected chi connectivity index (χ0v) is 12.7. The third kappa shape index (κ3) is 3.61. The Morgan fingerprint density at radius 1 is 1.22 bits per heavy atom. The highest BCUT2D eigenvalue weighted by Crippen LogP contribution is 2.21. The van der Waals surface area contributed by atoms with E-state index in [1.165, 1.54) is 0 Å². The Labute approximate surface area is 115 Å². The fourth-order valence-electron chi connectivity index (χ4n) is 2.12. The van der Waals surface area contributed by atoms with Gasteiger partial charge in [-0.15, -0.1) is 11.6 Å². The standard InChI is InChI=1S/C15H24ClNO/c1-5-6-7-10-17-13(15(2,3)4)9-8-12(11-16)14(17)18/h8-9H,5-7,10-11H2,1-4H3. The molecule has 0 spiro atoms. The number of halogens is 1. The van der Waals surface area contributed by atoms with Gasteiger partial charge in [0.1, 0.15) is 0 Å². The van der Waals surface area contributed by atoms with E-state index in [0.717, 1.165) is 31.5 Å². The zero-order valence-electron chi connectivity index (χ0n) is 11.9. The Bertz CT molecular complexity index is 443. The summed E-state index contributed by atoms with van der Waals surface area (Å²) in [5.41, 5.74) is 1.85. The highest BCUT2D eigenvalue weighted by Gasteiger charge is 2.19. The molecule has 0 radical (unpaired) electrons. The summed E-state index contributed by atoms with van der Waals surface area (Å²) in [6, 6.07) is 3.91. The van der Waals surface area contributed by atoms with Crippen molar-refractivity contribution in [1.29, 1.82) is 0 Å². The molecule has 0 bridgehead atoms. The summed E-state index contributed by atoms with van der Waals surface area (Å²) in [4.78, 5) is 12.3. The maximum absolute atomic E-state index is 12.3. The SMILES string of the molecule is CCCCCn1c(C(C)(C)C)ccc(CCl)c1=O. The highest BCUT2D eigenvalue weighted by molar-refractivity contribution is 6.17. The molecular weight excluding hydrogens is 246 g/mol. The Balaban J connectivity index is 3.19. The molecule has 3 heteroatoms. The summed E-state index contributed by atoms with van der Waals surface area (Å²) < 4.78 is 1.91. The van der Waals surface area contributed by atoms with Crippen LogP contribution >= 0.6 is 11.6 Å². The number of pyridine rings is 1. The van der Waals surface area contributed by atoms with Crippen LogP contribution in [0, 0.1) is 0 Å². The largest absolute Gasteiger partial charge is 0.312 e. The zero-order chi connectivity index (χ0) is 13.8. The number of hydrogen-bond acceptors (Lipinski definition) is 1. The number of alkyl halides is 1. The Morgan fingerprint density at radius 2 is 1.89 bits per heavy atom. The molecule has 102 valence electrons. The van der Waals surface area contributed by atoms with E-state index >= 15 is 0 Å². The van der Waals surface area contributed by atoms with Gasteiger partial charge in [-0.2, -0.15) is 0 Å². The quantitative estimate of drug-likeness (QED) is 0.583. The van der Waals surface area contributed by atoms with Crippen molar-refractivity contribution in [3.8, 4) is 0 Å². The lowest BCUT2D eigenvalue weighted by molar-refractivity contribution is 0.482. The number of nitrogens with zero attached hydrogens (tertiary/aromatic N) is 1. The average Bonchev–Trinajstić information content (AvgIpc) is 2.29. The molecule has 1 rings (SSSR count). The van der Waals surface area contributed by atoms with Gasteiger partial charge in [0, 0.05) is 23.2 Å². The molecule has 1 aromatic rings. The highest BCUT2D eigenvalue weighted by atomic mass is 35.5. The maximum atomic E-state index is 12.3. The Kier molecular flexibility index (Phi) is 5.46. The van der Waals surface area contributed by atoms with Gasteiger partial charge in [0.05, 0.1) is 5.88 Å². The lowest BCUT2D eigenvalue weighted by Gasteiger charge is -2.24. The van der Waals surface area contributed by atoms with Gasteiger partial charge >= 0.3 is 0 Å². The summed E-state index contributed by atoms with van der Waals surface area (Å²) in [6.07, 6.45) is 3.36. The average molecular weight is 270 g/mol. The second-order valence-electron chi connectivity index (χ2n) is 5.79. The molecule has 0 atom stereocenters. The molecule has 0 aliphatic rings. The molecule has 2 nitrogen and oxygen atoms in total. The van der Waals surface area contributed by atoms with E-state index in [9.17, 15) is 4.79 Å². The van der Waals surface area contributed by atoms with Crippen LogP contribution in [0.25, 0.3) is 0 Å². The summed E-state index contributed by atoms with van der Waals surface area (Å²) in [5, 5.41) is 0. The third-order valence-corrected chi connectivity index (χ3v) is 3.44. The topological polar surface area (TPSA) is 22.0 Å². The molecule has 0 aliphatic carbocycles. The molecule has 0 saturated heterocycles. The third-order valence-electron chi connectivity index (χ3n) is 3.15. The van der Waals surface area contributed by atoms with Crippen molar-refractivity contribution >= 4 is 11.6 Å². The first-order valence-corrected chi connectivity index (χ1v) is 7.24. The molecule has 0 N–H and O–H groups in total. The lowest BCUT2D eigenvalue weighted by Crippen LogP contribution is -2.31. The molecular formula is C15H24ClNO. The van der Waals surface area contributed by atoms with Gasteiger partial charge < -0.3 is 4.57 Å². The number of hydrogen-bond donors (Lipinski definition) is 0. The fraction of sp³-hybridized carbons (Fsp3) is 0.667. The molecule has 0 fully saturated rings. The van der Waals surface area contributed by atoms with Crippen LogP contribution in [0.2, 0.25) is 0 Å². The fourth-order valence-corrected chi connectivity index (χ4v) is 2.33. The lowest BCUT2D eigenvalue weighted by atomic mass is 9.90. The van der Waals surface area contributed by atoms with Crippen LogP contribution in [-0.4, -0.2) is 4.57 Å². The Morgan fingerprint density at radius 3 is 2.39 bits per heavy atom. The van der Waals surface area contributed by atoms with Crippen LogP contribution in [0.1, 0.15) is 58.2 Å². The van der Waals surface area contributed by atoms with Gasteiger partial charge in [0.25, 0.3) is 5.56 Å².